The summed E-state index contributed by atoms with van der Waals surface area (Å²) in [6.07, 6.45) is 2.08. The first-order chi connectivity index (χ1) is 9.83. The van der Waals surface area contributed by atoms with Gasteiger partial charge in [0.15, 0.2) is 0 Å². The van der Waals surface area contributed by atoms with E-state index in [0.717, 1.165) is 18.5 Å². The van der Waals surface area contributed by atoms with E-state index in [1.165, 1.54) is 0 Å². The summed E-state index contributed by atoms with van der Waals surface area (Å²) >= 11 is 0. The van der Waals surface area contributed by atoms with Crippen LogP contribution in [-0.4, -0.2) is 24.2 Å². The van der Waals surface area contributed by atoms with Crippen LogP contribution in [0.2, 0.25) is 0 Å². The fraction of sp³-hybridized carbons (Fsp3) is 0.588. The first-order valence-corrected chi connectivity index (χ1v) is 7.51. The number of carboxylic acid groups (broad SMARTS) is 1. The minimum atomic E-state index is -0.926. The Morgan fingerprint density at radius 3 is 2.19 bits per heavy atom. The molecule has 1 aromatic carbocycles. The van der Waals surface area contributed by atoms with Crippen LogP contribution < -0.4 is 10.1 Å². The molecule has 118 valence electrons. The van der Waals surface area contributed by atoms with Crippen LogP contribution in [0.25, 0.3) is 0 Å². The summed E-state index contributed by atoms with van der Waals surface area (Å²) in [7, 11) is 1.60. The van der Waals surface area contributed by atoms with Gasteiger partial charge in [-0.15, -0.1) is 0 Å². The van der Waals surface area contributed by atoms with Crippen molar-refractivity contribution >= 4 is 11.7 Å². The molecule has 1 aromatic rings. The molecule has 0 heterocycles. The lowest BCUT2D eigenvalue weighted by molar-refractivity contribution is 0.0697. The van der Waals surface area contributed by atoms with E-state index in [1.807, 2.05) is 0 Å². The summed E-state index contributed by atoms with van der Waals surface area (Å²) in [6, 6.07) is 5.22. The molecule has 2 N–H and O–H groups in total. The lowest BCUT2D eigenvalue weighted by Gasteiger charge is -2.24. The van der Waals surface area contributed by atoms with Crippen molar-refractivity contribution in [3.8, 4) is 5.75 Å². The maximum Gasteiger partial charge on any atom is 0.335 e. The molecule has 4 heteroatoms. The molecule has 0 aliphatic carbocycles. The van der Waals surface area contributed by atoms with Crippen molar-refractivity contribution in [3.63, 3.8) is 0 Å². The number of hydrogen-bond acceptors (Lipinski definition) is 3. The van der Waals surface area contributed by atoms with Gasteiger partial charge in [0, 0.05) is 6.04 Å². The minimum absolute atomic E-state index is 0.270. The highest BCUT2D eigenvalue weighted by Crippen LogP contribution is 2.28. The van der Waals surface area contributed by atoms with E-state index in [0.29, 0.717) is 23.6 Å². The molecular formula is C17H27NO3. The first-order valence-electron chi connectivity index (χ1n) is 7.51. The molecular weight excluding hydrogens is 266 g/mol. The molecule has 0 aliphatic heterocycles. The van der Waals surface area contributed by atoms with Crippen LogP contribution >= 0.6 is 0 Å². The molecule has 0 aromatic heterocycles. The standard InChI is InChI=1S/C17H27NO3/c1-11(2)8-14(9-12(3)4)18-15-10-13(17(19)20)6-7-16(15)21-5/h6-7,10-12,14,18H,8-9H2,1-5H3,(H,19,20). The largest absolute Gasteiger partial charge is 0.495 e. The smallest absolute Gasteiger partial charge is 0.335 e. The predicted molar refractivity (Wildman–Crippen MR) is 86.3 cm³/mol. The number of carboxylic acids is 1. The molecule has 0 bridgehead atoms. The van der Waals surface area contributed by atoms with Crippen LogP contribution in [0.5, 0.6) is 5.75 Å². The maximum atomic E-state index is 11.1. The van der Waals surface area contributed by atoms with Gasteiger partial charge in [-0.1, -0.05) is 27.7 Å². The monoisotopic (exact) mass is 293 g/mol. The molecule has 1 rings (SSSR count). The number of nitrogens with one attached hydrogen (secondary N) is 1. The van der Waals surface area contributed by atoms with E-state index in [9.17, 15) is 4.79 Å². The van der Waals surface area contributed by atoms with Gasteiger partial charge in [0.2, 0.25) is 0 Å². The zero-order valence-corrected chi connectivity index (χ0v) is 13.6. The highest BCUT2D eigenvalue weighted by atomic mass is 16.5. The van der Waals surface area contributed by atoms with Gasteiger partial charge < -0.3 is 15.2 Å². The van der Waals surface area contributed by atoms with Gasteiger partial charge in [0.25, 0.3) is 0 Å². The SMILES string of the molecule is COc1ccc(C(=O)O)cc1NC(CC(C)C)CC(C)C. The van der Waals surface area contributed by atoms with Gasteiger partial charge in [0.05, 0.1) is 18.4 Å². The summed E-state index contributed by atoms with van der Waals surface area (Å²) in [5.41, 5.74) is 1.02. The summed E-state index contributed by atoms with van der Waals surface area (Å²) in [6.45, 7) is 8.78. The predicted octanol–water partition coefficient (Wildman–Crippen LogP) is 4.27. The second kappa shape index (κ2) is 7.91. The van der Waals surface area contributed by atoms with Gasteiger partial charge in [-0.2, -0.15) is 0 Å². The zero-order chi connectivity index (χ0) is 16.0. The third-order valence-electron chi connectivity index (χ3n) is 3.32. The minimum Gasteiger partial charge on any atom is -0.495 e. The summed E-state index contributed by atoms with van der Waals surface area (Å²) in [5, 5.41) is 12.6. The van der Waals surface area contributed by atoms with Gasteiger partial charge >= 0.3 is 5.97 Å². The van der Waals surface area contributed by atoms with Crippen molar-refractivity contribution in [2.75, 3.05) is 12.4 Å². The number of ether oxygens (including phenoxy) is 1. The van der Waals surface area contributed by atoms with E-state index in [2.05, 4.69) is 33.0 Å². The van der Waals surface area contributed by atoms with E-state index < -0.39 is 5.97 Å². The molecule has 0 unspecified atom stereocenters. The highest BCUT2D eigenvalue weighted by molar-refractivity contribution is 5.89. The van der Waals surface area contributed by atoms with Crippen LogP contribution in [0.4, 0.5) is 5.69 Å². The Balaban J connectivity index is 2.99. The van der Waals surface area contributed by atoms with E-state index in [-0.39, 0.29) is 5.56 Å². The molecule has 0 saturated heterocycles. The van der Waals surface area contributed by atoms with Crippen LogP contribution in [-0.2, 0) is 0 Å². The van der Waals surface area contributed by atoms with Crippen LogP contribution in [0.3, 0.4) is 0 Å². The lowest BCUT2D eigenvalue weighted by atomic mass is 9.95. The van der Waals surface area contributed by atoms with Crippen molar-refractivity contribution in [2.24, 2.45) is 11.8 Å². The average Bonchev–Trinajstić information content (AvgIpc) is 2.36. The number of rotatable bonds is 8. The normalized spacial score (nSPS) is 11.2. The third-order valence-corrected chi connectivity index (χ3v) is 3.32. The molecule has 21 heavy (non-hydrogen) atoms. The molecule has 4 nitrogen and oxygen atoms in total. The molecule has 0 amide bonds. The van der Waals surface area contributed by atoms with Gasteiger partial charge in [-0.25, -0.2) is 4.79 Å². The quantitative estimate of drug-likeness (QED) is 0.751. The van der Waals surface area contributed by atoms with Gasteiger partial charge in [-0.05, 0) is 42.9 Å². The Labute approximate surface area is 127 Å². The van der Waals surface area contributed by atoms with Crippen molar-refractivity contribution in [2.45, 2.75) is 46.6 Å². The molecule has 0 fully saturated rings. The van der Waals surface area contributed by atoms with Crippen molar-refractivity contribution in [3.05, 3.63) is 23.8 Å². The summed E-state index contributed by atoms with van der Waals surface area (Å²) in [4.78, 5) is 11.1. The Kier molecular flexibility index (Phi) is 6.53. The molecule has 0 spiro atoms. The van der Waals surface area contributed by atoms with E-state index in [4.69, 9.17) is 9.84 Å². The molecule has 0 radical (unpaired) electrons. The second-order valence-corrected chi connectivity index (χ2v) is 6.32. The number of aromatic carboxylic acids is 1. The molecule has 0 aliphatic rings. The summed E-state index contributed by atoms with van der Waals surface area (Å²) in [5.74, 6) is 0.910. The summed E-state index contributed by atoms with van der Waals surface area (Å²) < 4.78 is 5.34. The van der Waals surface area contributed by atoms with Crippen molar-refractivity contribution in [1.29, 1.82) is 0 Å². The fourth-order valence-electron chi connectivity index (χ4n) is 2.53. The molecule has 0 atom stereocenters. The lowest BCUT2D eigenvalue weighted by Crippen LogP contribution is -2.24. The van der Waals surface area contributed by atoms with Crippen LogP contribution in [0.15, 0.2) is 18.2 Å². The average molecular weight is 293 g/mol. The Morgan fingerprint density at radius 1 is 1.19 bits per heavy atom. The van der Waals surface area contributed by atoms with Crippen molar-refractivity contribution < 1.29 is 14.6 Å². The zero-order valence-electron chi connectivity index (χ0n) is 13.6. The Bertz CT molecular complexity index is 459. The molecule has 0 saturated carbocycles. The number of methoxy groups -OCH3 is 1. The van der Waals surface area contributed by atoms with Gasteiger partial charge in [0.1, 0.15) is 5.75 Å². The maximum absolute atomic E-state index is 11.1. The van der Waals surface area contributed by atoms with Crippen molar-refractivity contribution in [1.82, 2.24) is 0 Å². The third kappa shape index (κ3) is 5.66. The number of anilines is 1. The first kappa shape index (κ1) is 17.3. The topological polar surface area (TPSA) is 58.6 Å². The van der Waals surface area contributed by atoms with E-state index >= 15 is 0 Å². The van der Waals surface area contributed by atoms with E-state index in [1.54, 1.807) is 25.3 Å². The second-order valence-electron chi connectivity index (χ2n) is 6.32. The Morgan fingerprint density at radius 2 is 1.76 bits per heavy atom. The fourth-order valence-corrected chi connectivity index (χ4v) is 2.53. The number of carbonyl (C=O) groups is 1. The Hall–Kier alpha value is -1.71. The van der Waals surface area contributed by atoms with Gasteiger partial charge in [-0.3, -0.25) is 0 Å². The van der Waals surface area contributed by atoms with Crippen LogP contribution in [0.1, 0.15) is 50.9 Å². The number of hydrogen-bond donors (Lipinski definition) is 2. The number of benzene rings is 1. The van der Waals surface area contributed by atoms with Crippen LogP contribution in [0, 0.1) is 11.8 Å². The highest BCUT2D eigenvalue weighted by Gasteiger charge is 2.16.